The molecule has 140 valence electrons. The molecule has 0 aliphatic carbocycles. The van der Waals surface area contributed by atoms with Gasteiger partial charge in [-0.25, -0.2) is 9.36 Å². The van der Waals surface area contributed by atoms with Gasteiger partial charge in [0.1, 0.15) is 0 Å². The molecule has 1 amide bonds. The molecule has 0 radical (unpaired) electrons. The zero-order chi connectivity index (χ0) is 19.2. The van der Waals surface area contributed by atoms with Gasteiger partial charge in [0.15, 0.2) is 0 Å². The van der Waals surface area contributed by atoms with Gasteiger partial charge >= 0.3 is 0 Å². The van der Waals surface area contributed by atoms with E-state index in [9.17, 15) is 4.79 Å². The van der Waals surface area contributed by atoms with Crippen LogP contribution in [0.3, 0.4) is 0 Å². The molecule has 0 spiro atoms. The van der Waals surface area contributed by atoms with E-state index >= 15 is 0 Å². The quantitative estimate of drug-likeness (QED) is 0.543. The van der Waals surface area contributed by atoms with Crippen molar-refractivity contribution in [3.8, 4) is 11.4 Å². The Labute approximate surface area is 163 Å². The van der Waals surface area contributed by atoms with Crippen LogP contribution in [-0.2, 0) is 17.6 Å². The van der Waals surface area contributed by atoms with Crippen LogP contribution in [0, 0.1) is 0 Å². The number of benzene rings is 2. The first-order valence-electron chi connectivity index (χ1n) is 9.22. The predicted molar refractivity (Wildman–Crippen MR) is 108 cm³/mol. The van der Waals surface area contributed by atoms with Gasteiger partial charge in [-0.1, -0.05) is 30.3 Å². The largest absolute Gasteiger partial charge is 0.355 e. The molecule has 2 heterocycles. The van der Waals surface area contributed by atoms with E-state index in [1.165, 1.54) is 5.56 Å². The lowest BCUT2D eigenvalue weighted by Gasteiger charge is -2.06. The van der Waals surface area contributed by atoms with Crippen LogP contribution in [0.1, 0.15) is 11.1 Å². The van der Waals surface area contributed by atoms with Crippen molar-refractivity contribution in [1.29, 1.82) is 0 Å². The van der Waals surface area contributed by atoms with Crippen LogP contribution in [0.25, 0.3) is 11.4 Å². The molecule has 1 N–H and O–H groups in total. The molecule has 2 aromatic heterocycles. The minimum absolute atomic E-state index is 0.000716. The Balaban J connectivity index is 1.25. The SMILES string of the molecule is O=C(Cc1cnn(-c2ccccc2)c1)NCCc1ccc(-n2cccn2)cc1. The highest BCUT2D eigenvalue weighted by atomic mass is 16.1. The second kappa shape index (κ2) is 8.35. The Morgan fingerprint density at radius 3 is 2.39 bits per heavy atom. The molecule has 0 fully saturated rings. The Morgan fingerprint density at radius 1 is 0.857 bits per heavy atom. The number of hydrogen-bond acceptors (Lipinski definition) is 3. The Kier molecular flexibility index (Phi) is 5.29. The topological polar surface area (TPSA) is 64.7 Å². The van der Waals surface area contributed by atoms with Gasteiger partial charge in [-0.2, -0.15) is 10.2 Å². The maximum atomic E-state index is 12.2. The summed E-state index contributed by atoms with van der Waals surface area (Å²) in [5.41, 5.74) is 4.07. The molecule has 0 saturated carbocycles. The third kappa shape index (κ3) is 4.35. The zero-order valence-electron chi connectivity index (χ0n) is 15.4. The number of amides is 1. The second-order valence-electron chi connectivity index (χ2n) is 6.52. The predicted octanol–water partition coefficient (Wildman–Crippen LogP) is 2.96. The van der Waals surface area contributed by atoms with E-state index in [1.807, 2.05) is 65.6 Å². The first-order chi connectivity index (χ1) is 13.8. The maximum absolute atomic E-state index is 12.2. The molecule has 0 unspecified atom stereocenters. The second-order valence-corrected chi connectivity index (χ2v) is 6.52. The molecule has 0 atom stereocenters. The molecule has 2 aromatic carbocycles. The Bertz CT molecular complexity index is 1020. The summed E-state index contributed by atoms with van der Waals surface area (Å²) in [5, 5.41) is 11.5. The van der Waals surface area contributed by atoms with Crippen molar-refractivity contribution in [2.24, 2.45) is 0 Å². The minimum atomic E-state index is 0.000716. The van der Waals surface area contributed by atoms with Crippen LogP contribution in [0.5, 0.6) is 0 Å². The van der Waals surface area contributed by atoms with Gasteiger partial charge in [0.2, 0.25) is 5.91 Å². The number of para-hydroxylation sites is 1. The lowest BCUT2D eigenvalue weighted by atomic mass is 10.1. The van der Waals surface area contributed by atoms with E-state index < -0.39 is 0 Å². The van der Waals surface area contributed by atoms with Crippen molar-refractivity contribution in [2.45, 2.75) is 12.8 Å². The molecule has 6 nitrogen and oxygen atoms in total. The van der Waals surface area contributed by atoms with Crippen molar-refractivity contribution in [2.75, 3.05) is 6.54 Å². The van der Waals surface area contributed by atoms with E-state index in [-0.39, 0.29) is 5.91 Å². The number of nitrogens with one attached hydrogen (secondary N) is 1. The van der Waals surface area contributed by atoms with Crippen LogP contribution < -0.4 is 5.32 Å². The van der Waals surface area contributed by atoms with E-state index in [2.05, 4.69) is 27.6 Å². The van der Waals surface area contributed by atoms with Crippen molar-refractivity contribution in [1.82, 2.24) is 24.9 Å². The van der Waals surface area contributed by atoms with Crippen LogP contribution >= 0.6 is 0 Å². The zero-order valence-corrected chi connectivity index (χ0v) is 15.4. The smallest absolute Gasteiger partial charge is 0.224 e. The summed E-state index contributed by atoms with van der Waals surface area (Å²) < 4.78 is 3.60. The lowest BCUT2D eigenvalue weighted by Crippen LogP contribution is -2.27. The third-order valence-electron chi connectivity index (χ3n) is 4.46. The number of hydrogen-bond donors (Lipinski definition) is 1. The molecule has 0 aliphatic rings. The normalized spacial score (nSPS) is 10.7. The van der Waals surface area contributed by atoms with Gasteiger partial charge in [-0.15, -0.1) is 0 Å². The summed E-state index contributed by atoms with van der Waals surface area (Å²) in [6.07, 6.45) is 8.41. The number of nitrogens with zero attached hydrogens (tertiary/aromatic N) is 4. The highest BCUT2D eigenvalue weighted by molar-refractivity contribution is 5.78. The molecule has 0 bridgehead atoms. The fourth-order valence-corrected chi connectivity index (χ4v) is 3.00. The fraction of sp³-hybridized carbons (Fsp3) is 0.136. The van der Waals surface area contributed by atoms with Gasteiger partial charge in [-0.05, 0) is 47.9 Å². The van der Waals surface area contributed by atoms with Gasteiger partial charge < -0.3 is 5.32 Å². The molecular weight excluding hydrogens is 350 g/mol. The maximum Gasteiger partial charge on any atom is 0.224 e. The van der Waals surface area contributed by atoms with Crippen LogP contribution in [-0.4, -0.2) is 32.0 Å². The average Bonchev–Trinajstić information content (AvgIpc) is 3.42. The molecule has 4 aromatic rings. The highest BCUT2D eigenvalue weighted by Crippen LogP contribution is 2.10. The van der Waals surface area contributed by atoms with Gasteiger partial charge in [-0.3, -0.25) is 4.79 Å². The summed E-state index contributed by atoms with van der Waals surface area (Å²) in [5.74, 6) is 0.000716. The minimum Gasteiger partial charge on any atom is -0.355 e. The van der Waals surface area contributed by atoms with Crippen molar-refractivity contribution in [3.63, 3.8) is 0 Å². The molecule has 0 saturated heterocycles. The molecule has 28 heavy (non-hydrogen) atoms. The van der Waals surface area contributed by atoms with Crippen LogP contribution in [0.2, 0.25) is 0 Å². The number of carbonyl (C=O) groups is 1. The number of carbonyl (C=O) groups excluding carboxylic acids is 1. The van der Waals surface area contributed by atoms with Gasteiger partial charge in [0.05, 0.1) is 24.0 Å². The number of aromatic nitrogens is 4. The van der Waals surface area contributed by atoms with Crippen molar-refractivity contribution >= 4 is 5.91 Å². The highest BCUT2D eigenvalue weighted by Gasteiger charge is 2.07. The molecular formula is C22H21N5O. The number of rotatable bonds is 7. The van der Waals surface area contributed by atoms with Crippen molar-refractivity contribution in [3.05, 3.63) is 96.6 Å². The summed E-state index contributed by atoms with van der Waals surface area (Å²) in [4.78, 5) is 12.2. The first kappa shape index (κ1) is 17.7. The fourth-order valence-electron chi connectivity index (χ4n) is 3.00. The Hall–Kier alpha value is -3.67. The van der Waals surface area contributed by atoms with E-state index in [0.717, 1.165) is 23.4 Å². The average molecular weight is 371 g/mol. The summed E-state index contributed by atoms with van der Waals surface area (Å²) in [7, 11) is 0. The molecule has 6 heteroatoms. The third-order valence-corrected chi connectivity index (χ3v) is 4.46. The molecule has 0 aliphatic heterocycles. The first-order valence-corrected chi connectivity index (χ1v) is 9.22. The van der Waals surface area contributed by atoms with Gasteiger partial charge in [0.25, 0.3) is 0 Å². The van der Waals surface area contributed by atoms with Crippen molar-refractivity contribution < 1.29 is 4.79 Å². The summed E-state index contributed by atoms with van der Waals surface area (Å²) in [6, 6.07) is 19.9. The van der Waals surface area contributed by atoms with E-state index in [4.69, 9.17) is 0 Å². The monoisotopic (exact) mass is 371 g/mol. The summed E-state index contributed by atoms with van der Waals surface area (Å²) in [6.45, 7) is 0.604. The van der Waals surface area contributed by atoms with Gasteiger partial charge in [0, 0.05) is 25.1 Å². The Morgan fingerprint density at radius 2 is 1.64 bits per heavy atom. The van der Waals surface area contributed by atoms with Crippen LogP contribution in [0.4, 0.5) is 0 Å². The molecule has 4 rings (SSSR count). The van der Waals surface area contributed by atoms with E-state index in [1.54, 1.807) is 17.1 Å². The van der Waals surface area contributed by atoms with Crippen LogP contribution in [0.15, 0.2) is 85.5 Å². The summed E-state index contributed by atoms with van der Waals surface area (Å²) >= 11 is 0. The standard InChI is InChI=1S/C22H21N5O/c28-22(15-19-16-25-27(17-19)20-5-2-1-3-6-20)23-13-11-18-7-9-21(10-8-18)26-14-4-12-24-26/h1-10,12,14,16-17H,11,13,15H2,(H,23,28). The van der Waals surface area contributed by atoms with E-state index in [0.29, 0.717) is 13.0 Å². The lowest BCUT2D eigenvalue weighted by molar-refractivity contribution is -0.120.